The van der Waals surface area contributed by atoms with Crippen LogP contribution in [0.25, 0.3) is 0 Å². The van der Waals surface area contributed by atoms with E-state index in [9.17, 15) is 4.79 Å². The largest absolute Gasteiger partial charge is 0.339 e. The second-order valence-electron chi connectivity index (χ2n) is 5.71. The van der Waals surface area contributed by atoms with Crippen LogP contribution < -0.4 is 0 Å². The van der Waals surface area contributed by atoms with E-state index in [1.165, 1.54) is 0 Å². The smallest absolute Gasteiger partial charge is 0.253 e. The number of rotatable bonds is 4. The summed E-state index contributed by atoms with van der Waals surface area (Å²) in [6.07, 6.45) is 2.17. The van der Waals surface area contributed by atoms with E-state index in [0.29, 0.717) is 6.04 Å². The van der Waals surface area contributed by atoms with Gasteiger partial charge in [-0.2, -0.15) is 0 Å². The number of amides is 1. The summed E-state index contributed by atoms with van der Waals surface area (Å²) in [5, 5.41) is 0. The Hall–Kier alpha value is -0.870. The fourth-order valence-corrected chi connectivity index (χ4v) is 3.46. The molecular weight excluding hydrogens is 328 g/mol. The van der Waals surface area contributed by atoms with E-state index < -0.39 is 0 Å². The first-order valence-corrected chi connectivity index (χ1v) is 8.65. The van der Waals surface area contributed by atoms with Gasteiger partial charge in [-0.3, -0.25) is 4.79 Å². The molecule has 0 unspecified atom stereocenters. The molecule has 1 aliphatic heterocycles. The number of hydrogen-bond donors (Lipinski definition) is 0. The number of halogens is 1. The van der Waals surface area contributed by atoms with Crippen molar-refractivity contribution in [2.75, 3.05) is 26.2 Å². The molecule has 0 atom stereocenters. The molecule has 1 aliphatic rings. The van der Waals surface area contributed by atoms with Gasteiger partial charge in [0.25, 0.3) is 5.91 Å². The van der Waals surface area contributed by atoms with Crippen LogP contribution in [0.5, 0.6) is 0 Å². The van der Waals surface area contributed by atoms with Crippen LogP contribution in [-0.2, 0) is 0 Å². The SMILES string of the molecule is CCN(CC)C1CCN(C(=O)c2ccc(C)c(Br)c2)CC1. The van der Waals surface area contributed by atoms with Crippen LogP contribution in [-0.4, -0.2) is 47.9 Å². The van der Waals surface area contributed by atoms with Crippen molar-refractivity contribution < 1.29 is 4.79 Å². The van der Waals surface area contributed by atoms with Crippen LogP contribution in [0.2, 0.25) is 0 Å². The third-order valence-electron chi connectivity index (χ3n) is 4.50. The van der Waals surface area contributed by atoms with E-state index >= 15 is 0 Å². The van der Waals surface area contributed by atoms with Gasteiger partial charge in [-0.1, -0.05) is 35.8 Å². The van der Waals surface area contributed by atoms with Crippen LogP contribution in [0, 0.1) is 6.92 Å². The number of carbonyl (C=O) groups is 1. The molecule has 1 fully saturated rings. The van der Waals surface area contributed by atoms with Gasteiger partial charge in [0.2, 0.25) is 0 Å². The first-order valence-electron chi connectivity index (χ1n) is 7.86. The lowest BCUT2D eigenvalue weighted by Crippen LogP contribution is -2.46. The Bertz CT molecular complexity index is 492. The monoisotopic (exact) mass is 352 g/mol. The maximum Gasteiger partial charge on any atom is 0.253 e. The predicted octanol–water partition coefficient (Wildman–Crippen LogP) is 3.70. The second kappa shape index (κ2) is 7.41. The third kappa shape index (κ3) is 3.86. The predicted molar refractivity (Wildman–Crippen MR) is 90.7 cm³/mol. The van der Waals surface area contributed by atoms with E-state index in [4.69, 9.17) is 0 Å². The molecule has 0 aliphatic carbocycles. The van der Waals surface area contributed by atoms with Gasteiger partial charge in [0.15, 0.2) is 0 Å². The quantitative estimate of drug-likeness (QED) is 0.824. The van der Waals surface area contributed by atoms with Crippen LogP contribution in [0.1, 0.15) is 42.6 Å². The Morgan fingerprint density at radius 2 is 1.90 bits per heavy atom. The molecule has 1 saturated heterocycles. The highest BCUT2D eigenvalue weighted by Crippen LogP contribution is 2.21. The Balaban J connectivity index is 1.98. The topological polar surface area (TPSA) is 23.6 Å². The Morgan fingerprint density at radius 1 is 1.29 bits per heavy atom. The number of likely N-dealkylation sites (tertiary alicyclic amines) is 1. The average molecular weight is 353 g/mol. The molecule has 0 aromatic heterocycles. The number of piperidine rings is 1. The van der Waals surface area contributed by atoms with E-state index in [1.807, 2.05) is 30.0 Å². The summed E-state index contributed by atoms with van der Waals surface area (Å²) in [5.41, 5.74) is 1.94. The summed E-state index contributed by atoms with van der Waals surface area (Å²) < 4.78 is 1.01. The molecule has 1 amide bonds. The van der Waals surface area contributed by atoms with Gasteiger partial charge in [0, 0.05) is 29.2 Å². The third-order valence-corrected chi connectivity index (χ3v) is 5.35. The number of aryl methyl sites for hydroxylation is 1. The van der Waals surface area contributed by atoms with Crippen molar-refractivity contribution in [1.29, 1.82) is 0 Å². The molecule has 1 heterocycles. The first kappa shape index (κ1) is 16.5. The van der Waals surface area contributed by atoms with Crippen molar-refractivity contribution in [2.45, 2.75) is 39.7 Å². The zero-order valence-electron chi connectivity index (χ0n) is 13.2. The summed E-state index contributed by atoms with van der Waals surface area (Å²) >= 11 is 3.51. The fraction of sp³-hybridized carbons (Fsp3) is 0.588. The summed E-state index contributed by atoms with van der Waals surface area (Å²) in [6.45, 7) is 10.4. The lowest BCUT2D eigenvalue weighted by atomic mass is 10.0. The molecule has 0 radical (unpaired) electrons. The number of benzene rings is 1. The normalized spacial score (nSPS) is 16.5. The fourth-order valence-electron chi connectivity index (χ4n) is 3.08. The van der Waals surface area contributed by atoms with Crippen molar-refractivity contribution in [3.8, 4) is 0 Å². The minimum absolute atomic E-state index is 0.161. The number of nitrogens with zero attached hydrogens (tertiary/aromatic N) is 2. The van der Waals surface area contributed by atoms with Gasteiger partial charge in [0.1, 0.15) is 0 Å². The summed E-state index contributed by atoms with van der Waals surface area (Å²) in [5.74, 6) is 0.161. The molecule has 116 valence electrons. The summed E-state index contributed by atoms with van der Waals surface area (Å²) in [7, 11) is 0. The maximum atomic E-state index is 12.6. The van der Waals surface area contributed by atoms with Crippen molar-refractivity contribution >= 4 is 21.8 Å². The Labute approximate surface area is 136 Å². The van der Waals surface area contributed by atoms with Crippen molar-refractivity contribution in [3.05, 3.63) is 33.8 Å². The minimum Gasteiger partial charge on any atom is -0.339 e. The van der Waals surface area contributed by atoms with Gasteiger partial charge in [0.05, 0.1) is 0 Å². The highest BCUT2D eigenvalue weighted by atomic mass is 79.9. The summed E-state index contributed by atoms with van der Waals surface area (Å²) in [6, 6.07) is 6.50. The first-order chi connectivity index (χ1) is 10.1. The second-order valence-corrected chi connectivity index (χ2v) is 6.56. The number of hydrogen-bond acceptors (Lipinski definition) is 2. The maximum absolute atomic E-state index is 12.6. The Kier molecular flexibility index (Phi) is 5.82. The lowest BCUT2D eigenvalue weighted by Gasteiger charge is -2.37. The lowest BCUT2D eigenvalue weighted by molar-refractivity contribution is 0.0631. The van der Waals surface area contributed by atoms with Gasteiger partial charge >= 0.3 is 0 Å². The van der Waals surface area contributed by atoms with Crippen LogP contribution in [0.3, 0.4) is 0 Å². The van der Waals surface area contributed by atoms with E-state index in [1.54, 1.807) is 0 Å². The minimum atomic E-state index is 0.161. The van der Waals surface area contributed by atoms with E-state index in [-0.39, 0.29) is 5.91 Å². The highest BCUT2D eigenvalue weighted by molar-refractivity contribution is 9.10. The van der Waals surface area contributed by atoms with Crippen molar-refractivity contribution in [2.24, 2.45) is 0 Å². The molecule has 0 spiro atoms. The van der Waals surface area contributed by atoms with Gasteiger partial charge < -0.3 is 9.80 Å². The van der Waals surface area contributed by atoms with Gasteiger partial charge in [-0.25, -0.2) is 0 Å². The van der Waals surface area contributed by atoms with Crippen LogP contribution in [0.15, 0.2) is 22.7 Å². The molecule has 21 heavy (non-hydrogen) atoms. The van der Waals surface area contributed by atoms with E-state index in [2.05, 4.69) is 34.7 Å². The molecular formula is C17H25BrN2O. The van der Waals surface area contributed by atoms with Gasteiger partial charge in [-0.05, 0) is 50.6 Å². The molecule has 1 aromatic rings. The zero-order chi connectivity index (χ0) is 15.4. The van der Waals surface area contributed by atoms with Gasteiger partial charge in [-0.15, -0.1) is 0 Å². The molecule has 0 bridgehead atoms. The molecule has 2 rings (SSSR count). The molecule has 3 nitrogen and oxygen atoms in total. The molecule has 0 N–H and O–H groups in total. The highest BCUT2D eigenvalue weighted by Gasteiger charge is 2.26. The van der Waals surface area contributed by atoms with Crippen molar-refractivity contribution in [1.82, 2.24) is 9.80 Å². The molecule has 0 saturated carbocycles. The molecule has 1 aromatic carbocycles. The number of carbonyl (C=O) groups excluding carboxylic acids is 1. The standard InChI is InChI=1S/C17H25BrN2O/c1-4-19(5-2)15-8-10-20(11-9-15)17(21)14-7-6-13(3)16(18)12-14/h6-7,12,15H,4-5,8-11H2,1-3H3. The van der Waals surface area contributed by atoms with E-state index in [0.717, 1.165) is 54.6 Å². The Morgan fingerprint density at radius 3 is 2.43 bits per heavy atom. The molecule has 4 heteroatoms. The van der Waals surface area contributed by atoms with Crippen LogP contribution >= 0.6 is 15.9 Å². The average Bonchev–Trinajstić information content (AvgIpc) is 2.51. The van der Waals surface area contributed by atoms with Crippen molar-refractivity contribution in [3.63, 3.8) is 0 Å². The summed E-state index contributed by atoms with van der Waals surface area (Å²) in [4.78, 5) is 17.1. The zero-order valence-corrected chi connectivity index (χ0v) is 14.8. The van der Waals surface area contributed by atoms with Crippen LogP contribution in [0.4, 0.5) is 0 Å².